The summed E-state index contributed by atoms with van der Waals surface area (Å²) in [6.45, 7) is 8.70. The van der Waals surface area contributed by atoms with Crippen molar-refractivity contribution >= 4 is 37.1 Å². The van der Waals surface area contributed by atoms with Crippen molar-refractivity contribution < 1.29 is 16.5 Å². The fourth-order valence-electron chi connectivity index (χ4n) is 1.93. The smallest absolute Gasteiger partial charge is 0.319 e. The maximum Gasteiger partial charge on any atom is 0.319 e. The normalized spacial score (nSPS) is 27.8. The predicted octanol–water partition coefficient (Wildman–Crippen LogP) is 1.03. The second-order valence-electron chi connectivity index (χ2n) is 4.07. The van der Waals surface area contributed by atoms with E-state index in [2.05, 4.69) is 27.7 Å². The first kappa shape index (κ1) is 14.8. The van der Waals surface area contributed by atoms with Gasteiger partial charge in [0.1, 0.15) is 0 Å². The van der Waals surface area contributed by atoms with Gasteiger partial charge in [0.15, 0.2) is 0 Å². The first-order valence-corrected chi connectivity index (χ1v) is 13.0. The van der Waals surface area contributed by atoms with E-state index in [0.717, 1.165) is 24.2 Å². The molecule has 96 valence electrons. The van der Waals surface area contributed by atoms with Crippen LogP contribution >= 0.6 is 0 Å². The van der Waals surface area contributed by atoms with Gasteiger partial charge in [-0.3, -0.25) is 0 Å². The molecule has 16 heavy (non-hydrogen) atoms. The van der Waals surface area contributed by atoms with Crippen LogP contribution in [0.25, 0.3) is 0 Å². The van der Waals surface area contributed by atoms with Crippen molar-refractivity contribution in [3.05, 3.63) is 0 Å². The van der Waals surface area contributed by atoms with E-state index >= 15 is 0 Å². The molecule has 1 saturated heterocycles. The largest absolute Gasteiger partial charge is 0.425 e. The van der Waals surface area contributed by atoms with Crippen LogP contribution in [0.5, 0.6) is 0 Å². The zero-order valence-electron chi connectivity index (χ0n) is 10.9. The fourth-order valence-corrected chi connectivity index (χ4v) is 16.9. The summed E-state index contributed by atoms with van der Waals surface area (Å²) in [6.07, 6.45) is 0. The zero-order valence-corrected chi connectivity index (χ0v) is 15.7. The molecule has 0 atom stereocenters. The fraction of sp³-hybridized carbons (Fsp3) is 1.00. The second kappa shape index (κ2) is 6.59. The van der Waals surface area contributed by atoms with E-state index in [9.17, 15) is 0 Å². The van der Waals surface area contributed by atoms with Crippen LogP contribution in [-0.4, -0.2) is 37.1 Å². The van der Waals surface area contributed by atoms with Crippen LogP contribution in [0.1, 0.15) is 27.7 Å². The Kier molecular flexibility index (Phi) is 6.08. The second-order valence-corrected chi connectivity index (χ2v) is 15.8. The average Bonchev–Trinajstić information content (AvgIpc) is 2.31. The zero-order chi connectivity index (χ0) is 12.1. The molecule has 0 aromatic carbocycles. The minimum absolute atomic E-state index is 0.843. The lowest BCUT2D eigenvalue weighted by molar-refractivity contribution is 0.268. The highest BCUT2D eigenvalue weighted by atomic mass is 28.5. The molecular formula is C8H24O4Si4. The van der Waals surface area contributed by atoms with Crippen LogP contribution in [0.4, 0.5) is 0 Å². The average molecular weight is 297 g/mol. The third-order valence-corrected chi connectivity index (χ3v) is 17.1. The van der Waals surface area contributed by atoms with E-state index < -0.39 is 37.1 Å². The first-order valence-electron chi connectivity index (χ1n) is 6.21. The van der Waals surface area contributed by atoms with Crippen molar-refractivity contribution in [1.29, 1.82) is 0 Å². The van der Waals surface area contributed by atoms with Gasteiger partial charge in [0.25, 0.3) is 20.0 Å². The molecule has 4 nitrogen and oxygen atoms in total. The topological polar surface area (TPSA) is 36.9 Å². The molecule has 1 fully saturated rings. The lowest BCUT2D eigenvalue weighted by Crippen LogP contribution is -2.57. The molecule has 1 aliphatic heterocycles. The lowest BCUT2D eigenvalue weighted by atomic mass is 10.9. The minimum atomic E-state index is -1.99. The van der Waals surface area contributed by atoms with Crippen LogP contribution in [0.3, 0.4) is 0 Å². The van der Waals surface area contributed by atoms with Gasteiger partial charge in [0, 0.05) is 0 Å². The van der Waals surface area contributed by atoms with Crippen molar-refractivity contribution in [1.82, 2.24) is 0 Å². The third-order valence-electron chi connectivity index (χ3n) is 3.34. The Labute approximate surface area is 106 Å². The summed E-state index contributed by atoms with van der Waals surface area (Å²) in [5.74, 6) is 0. The Hall–Kier alpha value is 0.708. The molecule has 0 aliphatic carbocycles. The van der Waals surface area contributed by atoms with Gasteiger partial charge in [-0.15, -0.1) is 0 Å². The summed E-state index contributed by atoms with van der Waals surface area (Å²) in [6, 6.07) is 4.05. The van der Waals surface area contributed by atoms with Gasteiger partial charge >= 0.3 is 17.1 Å². The lowest BCUT2D eigenvalue weighted by Gasteiger charge is -2.41. The highest BCUT2D eigenvalue weighted by Gasteiger charge is 2.46. The molecule has 1 aliphatic rings. The Morgan fingerprint density at radius 3 is 1.44 bits per heavy atom. The maximum absolute atomic E-state index is 6.49. The van der Waals surface area contributed by atoms with Crippen LogP contribution in [0.15, 0.2) is 0 Å². The number of rotatable bonds is 4. The first-order chi connectivity index (χ1) is 7.66. The van der Waals surface area contributed by atoms with E-state index in [4.69, 9.17) is 16.5 Å². The standard InChI is InChI=1S/C8H24O4Si4/c1-5-15(6-2)10-13-9-14-11-16(7-3,8-4)12-15/h5-8,13-14H2,1-4H3. The van der Waals surface area contributed by atoms with Crippen LogP contribution in [0.2, 0.25) is 24.2 Å². The summed E-state index contributed by atoms with van der Waals surface area (Å²) < 4.78 is 24.2. The van der Waals surface area contributed by atoms with Crippen molar-refractivity contribution in [3.8, 4) is 0 Å². The molecule has 0 radical (unpaired) electrons. The molecule has 0 amide bonds. The molecular weight excluding hydrogens is 272 g/mol. The molecule has 0 spiro atoms. The summed E-state index contributed by atoms with van der Waals surface area (Å²) in [7, 11) is -5.68. The molecule has 1 rings (SSSR count). The summed E-state index contributed by atoms with van der Waals surface area (Å²) >= 11 is 0. The Balaban J connectivity index is 2.85. The van der Waals surface area contributed by atoms with E-state index in [0.29, 0.717) is 0 Å². The monoisotopic (exact) mass is 296 g/mol. The van der Waals surface area contributed by atoms with Crippen LogP contribution < -0.4 is 0 Å². The maximum atomic E-state index is 6.49. The molecule has 0 saturated carbocycles. The summed E-state index contributed by atoms with van der Waals surface area (Å²) in [5.41, 5.74) is 0. The highest BCUT2D eigenvalue weighted by molar-refractivity contribution is 6.85. The van der Waals surface area contributed by atoms with Crippen molar-refractivity contribution in [2.24, 2.45) is 0 Å². The van der Waals surface area contributed by atoms with Gasteiger partial charge in [-0.2, -0.15) is 0 Å². The molecule has 0 aromatic rings. The van der Waals surface area contributed by atoms with Crippen LogP contribution in [0, 0.1) is 0 Å². The van der Waals surface area contributed by atoms with Gasteiger partial charge in [0.2, 0.25) is 0 Å². The van der Waals surface area contributed by atoms with Crippen molar-refractivity contribution in [2.75, 3.05) is 0 Å². The molecule has 0 aromatic heterocycles. The van der Waals surface area contributed by atoms with E-state index in [1.807, 2.05) is 0 Å². The quantitative estimate of drug-likeness (QED) is 0.726. The van der Waals surface area contributed by atoms with Crippen LogP contribution in [-0.2, 0) is 16.5 Å². The summed E-state index contributed by atoms with van der Waals surface area (Å²) in [5, 5.41) is 0. The molecule has 8 heteroatoms. The number of hydrogen-bond donors (Lipinski definition) is 0. The SMILES string of the molecule is CC[Si]1(CC)O[SiH2]O[SiH2]O[Si](CC)(CC)O1. The van der Waals surface area contributed by atoms with Gasteiger partial charge in [-0.1, -0.05) is 27.7 Å². The van der Waals surface area contributed by atoms with E-state index in [1.165, 1.54) is 0 Å². The third kappa shape index (κ3) is 3.35. The van der Waals surface area contributed by atoms with Crippen molar-refractivity contribution in [3.63, 3.8) is 0 Å². The highest BCUT2D eigenvalue weighted by Crippen LogP contribution is 2.29. The number of hydrogen-bond acceptors (Lipinski definition) is 4. The van der Waals surface area contributed by atoms with Gasteiger partial charge in [0.05, 0.1) is 0 Å². The molecule has 0 N–H and O–H groups in total. The Bertz CT molecular complexity index is 188. The van der Waals surface area contributed by atoms with Crippen molar-refractivity contribution in [2.45, 2.75) is 51.9 Å². The van der Waals surface area contributed by atoms with Gasteiger partial charge in [-0.05, 0) is 24.2 Å². The predicted molar refractivity (Wildman–Crippen MR) is 74.9 cm³/mol. The Morgan fingerprint density at radius 2 is 1.12 bits per heavy atom. The van der Waals surface area contributed by atoms with Gasteiger partial charge < -0.3 is 16.5 Å². The van der Waals surface area contributed by atoms with Gasteiger partial charge in [-0.25, -0.2) is 0 Å². The van der Waals surface area contributed by atoms with E-state index in [-0.39, 0.29) is 0 Å². The molecule has 1 heterocycles. The molecule has 0 bridgehead atoms. The molecule has 0 unspecified atom stereocenters. The summed E-state index contributed by atoms with van der Waals surface area (Å²) in [4.78, 5) is 0. The van der Waals surface area contributed by atoms with E-state index in [1.54, 1.807) is 0 Å². The Morgan fingerprint density at radius 1 is 0.750 bits per heavy atom. The minimum Gasteiger partial charge on any atom is -0.425 e.